The molecule has 0 bridgehead atoms. The predicted octanol–water partition coefficient (Wildman–Crippen LogP) is 2.04. The van der Waals surface area contributed by atoms with Gasteiger partial charge in [-0.25, -0.2) is 4.39 Å². The molecule has 0 aliphatic rings. The first-order chi connectivity index (χ1) is 8.16. The van der Waals surface area contributed by atoms with Gasteiger partial charge in [-0.1, -0.05) is 12.1 Å². The summed E-state index contributed by atoms with van der Waals surface area (Å²) in [6, 6.07) is 5.90. The van der Waals surface area contributed by atoms with E-state index in [0.717, 1.165) is 5.56 Å². The van der Waals surface area contributed by atoms with Crippen LogP contribution >= 0.6 is 0 Å². The van der Waals surface area contributed by atoms with E-state index in [-0.39, 0.29) is 17.8 Å². The van der Waals surface area contributed by atoms with E-state index in [0.29, 0.717) is 5.56 Å². The van der Waals surface area contributed by atoms with Crippen LogP contribution in [0, 0.1) is 5.82 Å². The molecule has 0 fully saturated rings. The molecule has 4 nitrogen and oxygen atoms in total. The highest BCUT2D eigenvalue weighted by atomic mass is 19.1. The lowest BCUT2D eigenvalue weighted by molar-refractivity contribution is 0.0940. The molecule has 1 amide bonds. The largest absolute Gasteiger partial charge is 0.345 e. The second kappa shape index (κ2) is 4.78. The Labute approximate surface area is 97.9 Å². The van der Waals surface area contributed by atoms with Crippen molar-refractivity contribution < 1.29 is 9.18 Å². The smallest absolute Gasteiger partial charge is 0.254 e. The van der Waals surface area contributed by atoms with Gasteiger partial charge in [0, 0.05) is 6.20 Å². The van der Waals surface area contributed by atoms with Crippen molar-refractivity contribution in [2.24, 2.45) is 0 Å². The summed E-state index contributed by atoms with van der Waals surface area (Å²) in [6.45, 7) is 1.80. The van der Waals surface area contributed by atoms with Crippen molar-refractivity contribution in [3.63, 3.8) is 0 Å². The van der Waals surface area contributed by atoms with E-state index in [1.165, 1.54) is 24.5 Å². The van der Waals surface area contributed by atoms with Crippen LogP contribution in [-0.4, -0.2) is 16.1 Å². The predicted molar refractivity (Wildman–Crippen MR) is 60.9 cm³/mol. The van der Waals surface area contributed by atoms with E-state index in [1.54, 1.807) is 19.1 Å². The van der Waals surface area contributed by atoms with Crippen LogP contribution in [0.1, 0.15) is 28.9 Å². The molecule has 1 heterocycles. The van der Waals surface area contributed by atoms with Crippen LogP contribution in [0.4, 0.5) is 4.39 Å². The van der Waals surface area contributed by atoms with Crippen LogP contribution < -0.4 is 5.32 Å². The molecular formula is C12H12FN3O. The summed E-state index contributed by atoms with van der Waals surface area (Å²) in [5, 5.41) is 9.01. The average Bonchev–Trinajstić information content (AvgIpc) is 2.82. The van der Waals surface area contributed by atoms with E-state index in [1.807, 2.05) is 0 Å². The van der Waals surface area contributed by atoms with E-state index in [9.17, 15) is 9.18 Å². The van der Waals surface area contributed by atoms with Gasteiger partial charge >= 0.3 is 0 Å². The van der Waals surface area contributed by atoms with Crippen LogP contribution in [0.3, 0.4) is 0 Å². The molecule has 88 valence electrons. The van der Waals surface area contributed by atoms with Gasteiger partial charge in [0.15, 0.2) is 0 Å². The van der Waals surface area contributed by atoms with Crippen LogP contribution in [0.2, 0.25) is 0 Å². The van der Waals surface area contributed by atoms with Gasteiger partial charge in [-0.05, 0) is 24.6 Å². The standard InChI is InChI=1S/C12H12FN3O/c1-8(9-3-2-4-11(13)5-9)16-12(17)10-6-14-15-7-10/h2-8H,1H3,(H,14,15)(H,16,17). The topological polar surface area (TPSA) is 57.8 Å². The van der Waals surface area contributed by atoms with Gasteiger partial charge < -0.3 is 5.32 Å². The Morgan fingerprint density at radius 3 is 3.00 bits per heavy atom. The number of aromatic nitrogens is 2. The number of nitrogens with zero attached hydrogens (tertiary/aromatic N) is 1. The number of nitrogens with one attached hydrogen (secondary N) is 2. The fraction of sp³-hybridized carbons (Fsp3) is 0.167. The van der Waals surface area contributed by atoms with Gasteiger partial charge in [0.1, 0.15) is 5.82 Å². The number of hydrogen-bond donors (Lipinski definition) is 2. The van der Waals surface area contributed by atoms with Crippen molar-refractivity contribution in [1.29, 1.82) is 0 Å². The zero-order chi connectivity index (χ0) is 12.3. The summed E-state index contributed by atoms with van der Waals surface area (Å²) < 4.78 is 13.0. The highest BCUT2D eigenvalue weighted by molar-refractivity contribution is 5.93. The summed E-state index contributed by atoms with van der Waals surface area (Å²) in [6.07, 6.45) is 2.95. The first-order valence-electron chi connectivity index (χ1n) is 5.22. The summed E-state index contributed by atoms with van der Waals surface area (Å²) in [5.74, 6) is -0.553. The highest BCUT2D eigenvalue weighted by Gasteiger charge is 2.12. The molecule has 2 N–H and O–H groups in total. The summed E-state index contributed by atoms with van der Waals surface area (Å²) in [4.78, 5) is 11.7. The Morgan fingerprint density at radius 2 is 2.35 bits per heavy atom. The molecule has 1 aromatic carbocycles. The molecule has 2 aromatic rings. The Hall–Kier alpha value is -2.17. The highest BCUT2D eigenvalue weighted by Crippen LogP contribution is 2.13. The van der Waals surface area contributed by atoms with E-state index in [4.69, 9.17) is 0 Å². The number of carbonyl (C=O) groups excluding carboxylic acids is 1. The number of benzene rings is 1. The van der Waals surface area contributed by atoms with Crippen molar-refractivity contribution in [1.82, 2.24) is 15.5 Å². The number of H-pyrrole nitrogens is 1. The average molecular weight is 233 g/mol. The maximum atomic E-state index is 13.0. The van der Waals surface area contributed by atoms with E-state index < -0.39 is 0 Å². The van der Waals surface area contributed by atoms with Gasteiger partial charge in [0.2, 0.25) is 0 Å². The monoisotopic (exact) mass is 233 g/mol. The molecular weight excluding hydrogens is 221 g/mol. The van der Waals surface area contributed by atoms with E-state index >= 15 is 0 Å². The molecule has 1 atom stereocenters. The maximum absolute atomic E-state index is 13.0. The number of hydrogen-bond acceptors (Lipinski definition) is 2. The zero-order valence-corrected chi connectivity index (χ0v) is 9.27. The molecule has 0 aliphatic heterocycles. The fourth-order valence-corrected chi connectivity index (χ4v) is 1.51. The number of amides is 1. The van der Waals surface area contributed by atoms with Gasteiger partial charge in [-0.3, -0.25) is 9.89 Å². The van der Waals surface area contributed by atoms with Crippen molar-refractivity contribution in [2.75, 3.05) is 0 Å². The third kappa shape index (κ3) is 2.69. The molecule has 5 heteroatoms. The van der Waals surface area contributed by atoms with Gasteiger partial charge in [-0.15, -0.1) is 0 Å². The maximum Gasteiger partial charge on any atom is 0.254 e. The summed E-state index contributed by atoms with van der Waals surface area (Å²) in [5.41, 5.74) is 1.18. The number of halogens is 1. The molecule has 17 heavy (non-hydrogen) atoms. The quantitative estimate of drug-likeness (QED) is 0.852. The van der Waals surface area contributed by atoms with Crippen molar-refractivity contribution in [3.8, 4) is 0 Å². The molecule has 0 aliphatic carbocycles. The number of rotatable bonds is 3. The van der Waals surface area contributed by atoms with Crippen molar-refractivity contribution >= 4 is 5.91 Å². The number of carbonyl (C=O) groups is 1. The Balaban J connectivity index is 2.07. The normalized spacial score (nSPS) is 12.1. The van der Waals surface area contributed by atoms with Crippen LogP contribution in [0.15, 0.2) is 36.7 Å². The van der Waals surface area contributed by atoms with Crippen LogP contribution in [-0.2, 0) is 0 Å². The second-order valence-corrected chi connectivity index (χ2v) is 3.74. The third-order valence-corrected chi connectivity index (χ3v) is 2.46. The lowest BCUT2D eigenvalue weighted by Crippen LogP contribution is -2.26. The van der Waals surface area contributed by atoms with Crippen molar-refractivity contribution in [3.05, 3.63) is 53.6 Å². The van der Waals surface area contributed by atoms with Gasteiger partial charge in [0.25, 0.3) is 5.91 Å². The number of aromatic amines is 1. The lowest BCUT2D eigenvalue weighted by Gasteiger charge is -2.13. The van der Waals surface area contributed by atoms with Gasteiger partial charge in [-0.2, -0.15) is 5.10 Å². The molecule has 0 saturated carbocycles. The molecule has 0 saturated heterocycles. The molecule has 0 radical (unpaired) electrons. The molecule has 2 rings (SSSR count). The minimum Gasteiger partial charge on any atom is -0.345 e. The van der Waals surface area contributed by atoms with Gasteiger partial charge in [0.05, 0.1) is 17.8 Å². The molecule has 1 unspecified atom stereocenters. The minimum absolute atomic E-state index is 0.240. The lowest BCUT2D eigenvalue weighted by atomic mass is 10.1. The summed E-state index contributed by atoms with van der Waals surface area (Å²) in [7, 11) is 0. The van der Waals surface area contributed by atoms with Crippen LogP contribution in [0.25, 0.3) is 0 Å². The van der Waals surface area contributed by atoms with E-state index in [2.05, 4.69) is 15.5 Å². The van der Waals surface area contributed by atoms with Crippen LogP contribution in [0.5, 0.6) is 0 Å². The zero-order valence-electron chi connectivity index (χ0n) is 9.27. The van der Waals surface area contributed by atoms with Crippen molar-refractivity contribution in [2.45, 2.75) is 13.0 Å². The first-order valence-corrected chi connectivity index (χ1v) is 5.22. The minimum atomic E-state index is -0.313. The fourth-order valence-electron chi connectivity index (χ4n) is 1.51. The first kappa shape index (κ1) is 11.3. The third-order valence-electron chi connectivity index (χ3n) is 2.46. The molecule has 1 aromatic heterocycles. The second-order valence-electron chi connectivity index (χ2n) is 3.74. The molecule has 0 spiro atoms. The Kier molecular flexibility index (Phi) is 3.18. The SMILES string of the molecule is CC(NC(=O)c1cn[nH]c1)c1cccc(F)c1. The Bertz CT molecular complexity index is 510. The summed E-state index contributed by atoms with van der Waals surface area (Å²) >= 11 is 0. The Morgan fingerprint density at radius 1 is 1.53 bits per heavy atom.